The summed E-state index contributed by atoms with van der Waals surface area (Å²) < 4.78 is 0. The second-order valence-electron chi connectivity index (χ2n) is 3.24. The maximum absolute atomic E-state index is 10.6. The third-order valence-electron chi connectivity index (χ3n) is 2.48. The molecule has 0 aromatic heterocycles. The average Bonchev–Trinajstić information content (AvgIpc) is 2.16. The standard InChI is InChI=1S/C8H16N4O/c1-2-7-5-11(8(9)10)3-4-12(7)6-13/h6-7H,2-5H2,1H3,(H3,9,10). The predicted octanol–water partition coefficient (Wildman–Crippen LogP) is -0.568. The van der Waals surface area contributed by atoms with Gasteiger partial charge in [-0.1, -0.05) is 6.92 Å². The van der Waals surface area contributed by atoms with E-state index in [4.69, 9.17) is 11.1 Å². The lowest BCUT2D eigenvalue weighted by Gasteiger charge is -2.39. The first-order valence-corrected chi connectivity index (χ1v) is 4.49. The van der Waals surface area contributed by atoms with Crippen LogP contribution in [0.2, 0.25) is 0 Å². The molecule has 0 radical (unpaired) electrons. The van der Waals surface area contributed by atoms with Gasteiger partial charge in [0.1, 0.15) is 0 Å². The van der Waals surface area contributed by atoms with Gasteiger partial charge in [0.15, 0.2) is 5.96 Å². The van der Waals surface area contributed by atoms with E-state index in [0.29, 0.717) is 19.6 Å². The van der Waals surface area contributed by atoms with Crippen molar-refractivity contribution in [3.8, 4) is 0 Å². The highest BCUT2D eigenvalue weighted by Gasteiger charge is 2.24. The highest BCUT2D eigenvalue weighted by Crippen LogP contribution is 2.09. The van der Waals surface area contributed by atoms with Crippen molar-refractivity contribution >= 4 is 12.4 Å². The molecule has 1 aliphatic rings. The fourth-order valence-corrected chi connectivity index (χ4v) is 1.59. The molecular weight excluding hydrogens is 168 g/mol. The van der Waals surface area contributed by atoms with E-state index in [2.05, 4.69) is 0 Å². The minimum absolute atomic E-state index is 0.101. The molecule has 0 spiro atoms. The molecule has 1 heterocycles. The Morgan fingerprint density at radius 2 is 2.38 bits per heavy atom. The molecule has 13 heavy (non-hydrogen) atoms. The molecule has 0 aromatic carbocycles. The number of nitrogens with two attached hydrogens (primary N) is 1. The van der Waals surface area contributed by atoms with Crippen molar-refractivity contribution in [3.05, 3.63) is 0 Å². The summed E-state index contributed by atoms with van der Waals surface area (Å²) in [7, 11) is 0. The van der Waals surface area contributed by atoms with Gasteiger partial charge in [-0.2, -0.15) is 0 Å². The van der Waals surface area contributed by atoms with Crippen LogP contribution in [0, 0.1) is 5.41 Å². The predicted molar refractivity (Wildman–Crippen MR) is 50.3 cm³/mol. The van der Waals surface area contributed by atoms with Crippen LogP contribution in [0.15, 0.2) is 0 Å². The largest absolute Gasteiger partial charge is 0.370 e. The summed E-state index contributed by atoms with van der Waals surface area (Å²) >= 11 is 0. The lowest BCUT2D eigenvalue weighted by molar-refractivity contribution is -0.122. The first kappa shape index (κ1) is 9.83. The van der Waals surface area contributed by atoms with Crippen molar-refractivity contribution in [2.45, 2.75) is 19.4 Å². The van der Waals surface area contributed by atoms with Gasteiger partial charge in [0.25, 0.3) is 0 Å². The third kappa shape index (κ3) is 2.11. The highest BCUT2D eigenvalue weighted by atomic mass is 16.1. The number of nitrogens with zero attached hydrogens (tertiary/aromatic N) is 2. The van der Waals surface area contributed by atoms with Gasteiger partial charge < -0.3 is 15.5 Å². The summed E-state index contributed by atoms with van der Waals surface area (Å²) in [5.74, 6) is 0.101. The van der Waals surface area contributed by atoms with Gasteiger partial charge in [-0.05, 0) is 6.42 Å². The summed E-state index contributed by atoms with van der Waals surface area (Å²) in [6.45, 7) is 4.06. The van der Waals surface area contributed by atoms with Gasteiger partial charge in [0, 0.05) is 25.7 Å². The first-order valence-electron chi connectivity index (χ1n) is 4.49. The van der Waals surface area contributed by atoms with Crippen LogP contribution in [0.3, 0.4) is 0 Å². The number of rotatable bonds is 2. The minimum Gasteiger partial charge on any atom is -0.370 e. The van der Waals surface area contributed by atoms with Gasteiger partial charge in [-0.3, -0.25) is 10.2 Å². The zero-order chi connectivity index (χ0) is 9.84. The number of carbonyl (C=O) groups excluding carboxylic acids is 1. The van der Waals surface area contributed by atoms with Crippen LogP contribution in [0.4, 0.5) is 0 Å². The summed E-state index contributed by atoms with van der Waals surface area (Å²) in [6, 6.07) is 0.204. The Morgan fingerprint density at radius 1 is 1.69 bits per heavy atom. The molecule has 5 heteroatoms. The second kappa shape index (κ2) is 4.11. The van der Waals surface area contributed by atoms with Gasteiger partial charge in [0.05, 0.1) is 0 Å². The number of hydrogen-bond donors (Lipinski definition) is 2. The van der Waals surface area contributed by atoms with Crippen molar-refractivity contribution in [1.82, 2.24) is 9.80 Å². The molecule has 1 atom stereocenters. The van der Waals surface area contributed by atoms with Gasteiger partial charge in [0.2, 0.25) is 6.41 Å². The van der Waals surface area contributed by atoms with Gasteiger partial charge >= 0.3 is 0 Å². The summed E-state index contributed by atoms with van der Waals surface area (Å²) in [5, 5.41) is 7.27. The minimum atomic E-state index is 0.101. The summed E-state index contributed by atoms with van der Waals surface area (Å²) in [4.78, 5) is 14.2. The Balaban J connectivity index is 2.57. The number of hydrogen-bond acceptors (Lipinski definition) is 2. The Kier molecular flexibility index (Phi) is 3.11. The summed E-state index contributed by atoms with van der Waals surface area (Å²) in [5.41, 5.74) is 5.37. The molecule has 1 unspecified atom stereocenters. The molecule has 0 saturated carbocycles. The SMILES string of the molecule is CCC1CN(C(=N)N)CCN1C=O. The molecule has 1 rings (SSSR count). The monoisotopic (exact) mass is 184 g/mol. The van der Waals surface area contributed by atoms with Crippen molar-refractivity contribution < 1.29 is 4.79 Å². The van der Waals surface area contributed by atoms with Crippen LogP contribution in [0.25, 0.3) is 0 Å². The summed E-state index contributed by atoms with van der Waals surface area (Å²) in [6.07, 6.45) is 1.79. The lowest BCUT2D eigenvalue weighted by atomic mass is 10.1. The Labute approximate surface area is 78.0 Å². The third-order valence-corrected chi connectivity index (χ3v) is 2.48. The quantitative estimate of drug-likeness (QED) is 0.343. The Morgan fingerprint density at radius 3 is 2.85 bits per heavy atom. The number of nitrogens with one attached hydrogen (secondary N) is 1. The molecule has 74 valence electrons. The topological polar surface area (TPSA) is 73.4 Å². The molecular formula is C8H16N4O. The Bertz CT molecular complexity index is 206. The normalized spacial score (nSPS) is 23.0. The molecule has 3 N–H and O–H groups in total. The first-order chi connectivity index (χ1) is 6.19. The Hall–Kier alpha value is -1.26. The van der Waals surface area contributed by atoms with Crippen molar-refractivity contribution in [2.75, 3.05) is 19.6 Å². The lowest BCUT2D eigenvalue weighted by Crippen LogP contribution is -2.55. The van der Waals surface area contributed by atoms with E-state index in [1.807, 2.05) is 6.92 Å². The molecule has 5 nitrogen and oxygen atoms in total. The zero-order valence-electron chi connectivity index (χ0n) is 7.86. The number of carbonyl (C=O) groups is 1. The van der Waals surface area contributed by atoms with Gasteiger partial charge in [-0.25, -0.2) is 0 Å². The average molecular weight is 184 g/mol. The fourth-order valence-electron chi connectivity index (χ4n) is 1.59. The molecule has 0 bridgehead atoms. The molecule has 1 amide bonds. The van der Waals surface area contributed by atoms with E-state index >= 15 is 0 Å². The van der Waals surface area contributed by atoms with E-state index in [1.165, 1.54) is 0 Å². The van der Waals surface area contributed by atoms with E-state index in [9.17, 15) is 4.79 Å². The molecule has 1 fully saturated rings. The molecule has 1 aliphatic heterocycles. The van der Waals surface area contributed by atoms with Crippen molar-refractivity contribution in [3.63, 3.8) is 0 Å². The van der Waals surface area contributed by atoms with E-state index in [0.717, 1.165) is 12.8 Å². The maximum Gasteiger partial charge on any atom is 0.210 e. The van der Waals surface area contributed by atoms with Crippen LogP contribution in [-0.4, -0.2) is 47.8 Å². The van der Waals surface area contributed by atoms with E-state index in [-0.39, 0.29) is 12.0 Å². The molecule has 1 saturated heterocycles. The van der Waals surface area contributed by atoms with Crippen LogP contribution >= 0.6 is 0 Å². The number of piperazine rings is 1. The fraction of sp³-hybridized carbons (Fsp3) is 0.750. The smallest absolute Gasteiger partial charge is 0.210 e. The highest BCUT2D eigenvalue weighted by molar-refractivity contribution is 5.74. The van der Waals surface area contributed by atoms with E-state index in [1.54, 1.807) is 9.80 Å². The van der Waals surface area contributed by atoms with Crippen LogP contribution in [0.5, 0.6) is 0 Å². The van der Waals surface area contributed by atoms with Crippen LogP contribution in [-0.2, 0) is 4.79 Å². The van der Waals surface area contributed by atoms with Crippen molar-refractivity contribution in [1.29, 1.82) is 5.41 Å². The zero-order valence-corrected chi connectivity index (χ0v) is 7.86. The molecule has 0 aliphatic carbocycles. The second-order valence-corrected chi connectivity index (χ2v) is 3.24. The number of guanidine groups is 1. The molecule has 0 aromatic rings. The van der Waals surface area contributed by atoms with E-state index < -0.39 is 0 Å². The van der Waals surface area contributed by atoms with Gasteiger partial charge in [-0.15, -0.1) is 0 Å². The van der Waals surface area contributed by atoms with Crippen molar-refractivity contribution in [2.24, 2.45) is 5.73 Å². The van der Waals surface area contributed by atoms with Crippen LogP contribution < -0.4 is 5.73 Å². The maximum atomic E-state index is 10.6. The van der Waals surface area contributed by atoms with Crippen LogP contribution in [0.1, 0.15) is 13.3 Å². The number of amides is 1.